The van der Waals surface area contributed by atoms with Crippen LogP contribution in [-0.4, -0.2) is 48.7 Å². The minimum absolute atomic E-state index is 0.228. The van der Waals surface area contributed by atoms with Gasteiger partial charge in [0.1, 0.15) is 23.4 Å². The van der Waals surface area contributed by atoms with Gasteiger partial charge in [0.25, 0.3) is 0 Å². The van der Waals surface area contributed by atoms with Crippen LogP contribution in [0.5, 0.6) is 5.75 Å². The first-order valence-electron chi connectivity index (χ1n) is 13.0. The van der Waals surface area contributed by atoms with E-state index in [9.17, 15) is 4.79 Å². The third kappa shape index (κ3) is 6.15. The molecule has 0 aliphatic carbocycles. The molecule has 0 saturated carbocycles. The minimum Gasteiger partial charge on any atom is -0.489 e. The number of tetrazole rings is 1. The van der Waals surface area contributed by atoms with Crippen molar-refractivity contribution in [3.05, 3.63) is 106 Å². The van der Waals surface area contributed by atoms with Crippen molar-refractivity contribution >= 4 is 46.6 Å². The predicted octanol–water partition coefficient (Wildman–Crippen LogP) is 6.05. The van der Waals surface area contributed by atoms with Gasteiger partial charge in [0.15, 0.2) is 4.34 Å². The van der Waals surface area contributed by atoms with Crippen molar-refractivity contribution in [2.24, 2.45) is 0 Å². The van der Waals surface area contributed by atoms with Crippen LogP contribution in [-0.2, 0) is 16.1 Å². The largest absolute Gasteiger partial charge is 0.489 e. The minimum atomic E-state index is -0.606. The van der Waals surface area contributed by atoms with E-state index in [1.54, 1.807) is 11.6 Å². The van der Waals surface area contributed by atoms with E-state index in [4.69, 9.17) is 21.1 Å². The maximum atomic E-state index is 13.4. The fourth-order valence-electron chi connectivity index (χ4n) is 4.40. The fourth-order valence-corrected chi connectivity index (χ4v) is 6.35. The Balaban J connectivity index is 1.26. The number of nitrogens with one attached hydrogen (secondary N) is 1. The van der Waals surface area contributed by atoms with Gasteiger partial charge in [0.05, 0.1) is 12.2 Å². The van der Waals surface area contributed by atoms with Crippen molar-refractivity contribution in [2.45, 2.75) is 23.9 Å². The summed E-state index contributed by atoms with van der Waals surface area (Å²) in [6.07, 6.45) is 0. The molecule has 0 fully saturated rings. The zero-order valence-electron chi connectivity index (χ0n) is 22.3. The monoisotopic (exact) mass is 617 g/mol. The smallest absolute Gasteiger partial charge is 0.338 e. The summed E-state index contributed by atoms with van der Waals surface area (Å²) in [5.74, 6) is 1.07. The third-order valence-corrected chi connectivity index (χ3v) is 8.76. The molecule has 0 saturated heterocycles. The molecule has 212 valence electrons. The second-order valence-corrected chi connectivity index (χ2v) is 11.7. The molecule has 0 radical (unpaired) electrons. The summed E-state index contributed by atoms with van der Waals surface area (Å²) in [7, 11) is 0. The Morgan fingerprint density at radius 2 is 1.81 bits per heavy atom. The molecule has 1 atom stereocenters. The lowest BCUT2D eigenvalue weighted by Crippen LogP contribution is -2.31. The SMILES string of the molecule is CCOC(=O)C1=C(CSc2nnc(-c3ccccc3)s2)Nc2nnnn2C1c1ccc(OCc2ccc(Cl)cc2)cc1. The number of halogens is 1. The molecular weight excluding hydrogens is 594 g/mol. The third-order valence-electron chi connectivity index (χ3n) is 6.38. The van der Waals surface area contributed by atoms with Gasteiger partial charge in [0, 0.05) is 22.0 Å². The Labute approximate surface area is 254 Å². The first-order chi connectivity index (χ1) is 20.6. The molecule has 5 aromatic rings. The van der Waals surface area contributed by atoms with E-state index in [0.717, 1.165) is 26.0 Å². The molecule has 0 bridgehead atoms. The average Bonchev–Trinajstić information content (AvgIpc) is 3.70. The number of carbonyl (C=O) groups is 1. The topological polar surface area (TPSA) is 117 Å². The van der Waals surface area contributed by atoms with E-state index in [1.165, 1.54) is 23.1 Å². The summed E-state index contributed by atoms with van der Waals surface area (Å²) < 4.78 is 13.8. The molecule has 1 aliphatic heterocycles. The molecule has 13 heteroatoms. The van der Waals surface area contributed by atoms with Crippen LogP contribution in [0.4, 0.5) is 5.95 Å². The van der Waals surface area contributed by atoms with E-state index < -0.39 is 12.0 Å². The number of ether oxygens (including phenoxy) is 2. The Morgan fingerprint density at radius 1 is 1.02 bits per heavy atom. The van der Waals surface area contributed by atoms with E-state index >= 15 is 0 Å². The fraction of sp³-hybridized carbons (Fsp3) is 0.172. The van der Waals surface area contributed by atoms with Gasteiger partial charge in [-0.05, 0) is 52.7 Å². The number of hydrogen-bond acceptors (Lipinski definition) is 11. The Morgan fingerprint density at radius 3 is 2.57 bits per heavy atom. The Kier molecular flexibility index (Phi) is 8.45. The average molecular weight is 618 g/mol. The number of fused-ring (bicyclic) bond motifs is 1. The van der Waals surface area contributed by atoms with E-state index in [1.807, 2.05) is 78.9 Å². The van der Waals surface area contributed by atoms with Gasteiger partial charge in [-0.3, -0.25) is 0 Å². The summed E-state index contributed by atoms with van der Waals surface area (Å²) in [6.45, 7) is 2.40. The van der Waals surface area contributed by atoms with Gasteiger partial charge in [-0.25, -0.2) is 4.79 Å². The quantitative estimate of drug-likeness (QED) is 0.147. The highest BCUT2D eigenvalue weighted by atomic mass is 35.5. The van der Waals surface area contributed by atoms with Crippen LogP contribution in [0.1, 0.15) is 24.1 Å². The molecule has 2 aromatic heterocycles. The standard InChI is InChI=1S/C29H24ClN7O3S2/c1-2-39-27(38)24-23(17-41-29-34-32-26(42-29)20-6-4-3-5-7-20)31-28-33-35-36-37(28)25(24)19-10-14-22(15-11-19)40-16-18-8-12-21(30)13-9-18/h3-15,25H,2,16-17H2,1H3,(H,31,33,36). The van der Waals surface area contributed by atoms with Crippen LogP contribution in [0, 0.1) is 0 Å². The maximum Gasteiger partial charge on any atom is 0.338 e. The van der Waals surface area contributed by atoms with Crippen LogP contribution >= 0.6 is 34.7 Å². The number of thioether (sulfide) groups is 1. The highest BCUT2D eigenvalue weighted by Gasteiger charge is 2.36. The molecule has 1 unspecified atom stereocenters. The van der Waals surface area contributed by atoms with E-state index in [-0.39, 0.29) is 6.61 Å². The first kappa shape index (κ1) is 27.9. The molecule has 1 N–H and O–H groups in total. The van der Waals surface area contributed by atoms with Gasteiger partial charge in [-0.15, -0.1) is 10.2 Å². The number of esters is 1. The number of hydrogen-bond donors (Lipinski definition) is 1. The zero-order chi connectivity index (χ0) is 28.9. The Hall–Kier alpha value is -4.26. The van der Waals surface area contributed by atoms with Crippen LogP contribution in [0.3, 0.4) is 0 Å². The lowest BCUT2D eigenvalue weighted by Gasteiger charge is -2.28. The van der Waals surface area contributed by atoms with Crippen molar-refractivity contribution in [3.63, 3.8) is 0 Å². The molecule has 0 amide bonds. The number of nitrogens with zero attached hydrogens (tertiary/aromatic N) is 6. The second kappa shape index (κ2) is 12.7. The lowest BCUT2D eigenvalue weighted by atomic mass is 9.95. The van der Waals surface area contributed by atoms with Crippen molar-refractivity contribution in [3.8, 4) is 16.3 Å². The van der Waals surface area contributed by atoms with Gasteiger partial charge in [-0.2, -0.15) is 4.68 Å². The second-order valence-electron chi connectivity index (χ2n) is 9.10. The maximum absolute atomic E-state index is 13.4. The van der Waals surface area contributed by atoms with Gasteiger partial charge < -0.3 is 14.8 Å². The van der Waals surface area contributed by atoms with Crippen LogP contribution in [0.25, 0.3) is 10.6 Å². The first-order valence-corrected chi connectivity index (χ1v) is 15.2. The van der Waals surface area contributed by atoms with Crippen LogP contribution < -0.4 is 10.1 Å². The summed E-state index contributed by atoms with van der Waals surface area (Å²) in [6, 6.07) is 24.3. The van der Waals surface area contributed by atoms with Crippen molar-refractivity contribution < 1.29 is 14.3 Å². The summed E-state index contributed by atoms with van der Waals surface area (Å²) in [5, 5.41) is 25.6. The molecule has 0 spiro atoms. The van der Waals surface area contributed by atoms with Gasteiger partial charge in [0.2, 0.25) is 5.95 Å². The molecule has 42 heavy (non-hydrogen) atoms. The molecule has 1 aliphatic rings. The number of anilines is 1. The molecule has 6 rings (SSSR count). The normalized spacial score (nSPS) is 14.3. The molecular formula is C29H24ClN7O3S2. The van der Waals surface area contributed by atoms with Crippen LogP contribution in [0.15, 0.2) is 94.5 Å². The Bertz CT molecular complexity index is 1710. The summed E-state index contributed by atoms with van der Waals surface area (Å²) in [5.41, 5.74) is 3.87. The zero-order valence-corrected chi connectivity index (χ0v) is 24.7. The predicted molar refractivity (Wildman–Crippen MR) is 162 cm³/mol. The van der Waals surface area contributed by atoms with Crippen molar-refractivity contribution in [2.75, 3.05) is 17.7 Å². The van der Waals surface area contributed by atoms with Gasteiger partial charge in [-0.1, -0.05) is 94.4 Å². The number of benzene rings is 3. The summed E-state index contributed by atoms with van der Waals surface area (Å²) >= 11 is 8.95. The molecule has 10 nitrogen and oxygen atoms in total. The van der Waals surface area contributed by atoms with Gasteiger partial charge >= 0.3 is 5.97 Å². The number of rotatable bonds is 10. The molecule has 3 aromatic carbocycles. The van der Waals surface area contributed by atoms with Crippen molar-refractivity contribution in [1.29, 1.82) is 0 Å². The highest BCUT2D eigenvalue weighted by molar-refractivity contribution is 8.01. The number of aromatic nitrogens is 6. The lowest BCUT2D eigenvalue weighted by molar-refractivity contribution is -0.139. The van der Waals surface area contributed by atoms with Crippen molar-refractivity contribution in [1.82, 2.24) is 30.4 Å². The highest BCUT2D eigenvalue weighted by Crippen LogP contribution is 2.38. The molecule has 3 heterocycles. The summed E-state index contributed by atoms with van der Waals surface area (Å²) in [4.78, 5) is 13.4. The number of carbonyl (C=O) groups excluding carboxylic acids is 1. The van der Waals surface area contributed by atoms with E-state index in [0.29, 0.717) is 40.4 Å². The van der Waals surface area contributed by atoms with E-state index in [2.05, 4.69) is 31.0 Å². The van der Waals surface area contributed by atoms with Crippen LogP contribution in [0.2, 0.25) is 5.02 Å².